The predicted molar refractivity (Wildman–Crippen MR) is 107 cm³/mol. The van der Waals surface area contributed by atoms with E-state index in [-0.39, 0.29) is 24.1 Å². The van der Waals surface area contributed by atoms with E-state index in [4.69, 9.17) is 9.47 Å². The molecule has 150 valence electrons. The number of pyridine rings is 1. The van der Waals surface area contributed by atoms with Crippen LogP contribution in [0.15, 0.2) is 67.0 Å². The number of hydrogen-bond donors (Lipinski definition) is 0. The normalized spacial score (nSPS) is 14.8. The van der Waals surface area contributed by atoms with Crippen molar-refractivity contribution in [3.8, 4) is 11.5 Å². The van der Waals surface area contributed by atoms with E-state index in [1.165, 1.54) is 11.1 Å². The average molecular weight is 410 g/mol. The number of Topliss-reactive ketones (excluding diaryl/α,β-unsaturated/α-hetero) is 1. The van der Waals surface area contributed by atoms with Crippen LogP contribution in [0.2, 0.25) is 0 Å². The molecule has 1 heterocycles. The van der Waals surface area contributed by atoms with Crippen LogP contribution in [0.5, 0.6) is 11.5 Å². The van der Waals surface area contributed by atoms with Gasteiger partial charge in [0.2, 0.25) is 0 Å². The van der Waals surface area contributed by atoms with Gasteiger partial charge in [-0.05, 0) is 30.0 Å². The first-order valence-corrected chi connectivity index (χ1v) is 9.49. The molecule has 3 aromatic rings. The van der Waals surface area contributed by atoms with E-state index in [1.54, 1.807) is 14.2 Å². The van der Waals surface area contributed by atoms with E-state index >= 15 is 0 Å². The summed E-state index contributed by atoms with van der Waals surface area (Å²) in [4.78, 5) is 13.0. The van der Waals surface area contributed by atoms with Crippen LogP contribution in [0, 0.1) is 5.92 Å². The van der Waals surface area contributed by atoms with E-state index in [1.807, 2.05) is 18.2 Å². The summed E-state index contributed by atoms with van der Waals surface area (Å²) in [5, 5.41) is 0. The van der Waals surface area contributed by atoms with Crippen LogP contribution in [0.4, 0.5) is 0 Å². The van der Waals surface area contributed by atoms with Crippen LogP contribution in [-0.4, -0.2) is 20.0 Å². The number of halogens is 1. The molecule has 1 aliphatic rings. The molecule has 4 nitrogen and oxygen atoms in total. The van der Waals surface area contributed by atoms with Gasteiger partial charge in [-0.2, -0.15) is 0 Å². The van der Waals surface area contributed by atoms with E-state index < -0.39 is 0 Å². The van der Waals surface area contributed by atoms with Crippen molar-refractivity contribution >= 4 is 5.78 Å². The standard InChI is InChI=1S/C24H24NO3.ClH/c1-27-21-9-8-19-15-20(23(26)22(19)24(21)28-2)14-17-10-12-25(13-11-17)16-18-6-4-3-5-7-18;/h3-13,20H,14-16H2,1-2H3;1H/q+1;/p-1. The number of aromatic nitrogens is 1. The molecule has 4 rings (SSSR count). The lowest BCUT2D eigenvalue weighted by Gasteiger charge is -2.11. The molecule has 5 heteroatoms. The fourth-order valence-corrected chi connectivity index (χ4v) is 3.94. The molecule has 0 spiro atoms. The molecule has 0 amide bonds. The van der Waals surface area contributed by atoms with Crippen molar-refractivity contribution in [1.29, 1.82) is 0 Å². The van der Waals surface area contributed by atoms with Crippen LogP contribution in [0.25, 0.3) is 0 Å². The number of carbonyl (C=O) groups excluding carboxylic acids is 1. The highest BCUT2D eigenvalue weighted by Gasteiger charge is 2.34. The third kappa shape index (κ3) is 4.28. The van der Waals surface area contributed by atoms with Gasteiger partial charge in [0.15, 0.2) is 36.2 Å². The van der Waals surface area contributed by atoms with Crippen molar-refractivity contribution in [2.24, 2.45) is 5.92 Å². The maximum Gasteiger partial charge on any atom is 0.173 e. The molecular formula is C24H24ClNO3. The molecule has 0 saturated heterocycles. The quantitative estimate of drug-likeness (QED) is 0.561. The number of hydrogen-bond acceptors (Lipinski definition) is 3. The Hall–Kier alpha value is -2.85. The Labute approximate surface area is 177 Å². The lowest BCUT2D eigenvalue weighted by Crippen LogP contribution is -3.00. The minimum atomic E-state index is -0.0546. The molecule has 2 aromatic carbocycles. The van der Waals surface area contributed by atoms with Gasteiger partial charge in [0.1, 0.15) is 0 Å². The monoisotopic (exact) mass is 409 g/mol. The molecule has 0 radical (unpaired) electrons. The number of nitrogens with zero attached hydrogens (tertiary/aromatic N) is 1. The number of ether oxygens (including phenoxy) is 2. The Morgan fingerprint density at radius 1 is 0.931 bits per heavy atom. The highest BCUT2D eigenvalue weighted by atomic mass is 35.5. The summed E-state index contributed by atoms with van der Waals surface area (Å²) in [6, 6.07) is 18.4. The Kier molecular flexibility index (Phi) is 6.55. The number of methoxy groups -OCH3 is 2. The first-order valence-electron chi connectivity index (χ1n) is 9.49. The van der Waals surface area contributed by atoms with Crippen molar-refractivity contribution in [3.63, 3.8) is 0 Å². The zero-order valence-corrected chi connectivity index (χ0v) is 17.4. The van der Waals surface area contributed by atoms with Gasteiger partial charge in [-0.1, -0.05) is 36.4 Å². The van der Waals surface area contributed by atoms with Crippen molar-refractivity contribution in [2.75, 3.05) is 14.2 Å². The maximum atomic E-state index is 13.0. The highest BCUT2D eigenvalue weighted by Crippen LogP contribution is 2.40. The minimum absolute atomic E-state index is 0. The number of rotatable bonds is 6. The third-order valence-corrected chi connectivity index (χ3v) is 5.37. The smallest absolute Gasteiger partial charge is 0.173 e. The van der Waals surface area contributed by atoms with Crippen LogP contribution in [0.1, 0.15) is 27.0 Å². The zero-order valence-electron chi connectivity index (χ0n) is 16.6. The molecule has 0 fully saturated rings. The molecule has 1 aliphatic carbocycles. The summed E-state index contributed by atoms with van der Waals surface area (Å²) >= 11 is 0. The Morgan fingerprint density at radius 3 is 2.31 bits per heavy atom. The van der Waals surface area contributed by atoms with E-state index in [0.717, 1.165) is 24.9 Å². The van der Waals surface area contributed by atoms with Gasteiger partial charge < -0.3 is 21.9 Å². The van der Waals surface area contributed by atoms with Gasteiger partial charge >= 0.3 is 0 Å². The predicted octanol–water partition coefficient (Wildman–Crippen LogP) is 0.641. The maximum absolute atomic E-state index is 13.0. The largest absolute Gasteiger partial charge is 1.00 e. The molecule has 0 bridgehead atoms. The van der Waals surface area contributed by atoms with E-state index in [2.05, 4.69) is 53.4 Å². The summed E-state index contributed by atoms with van der Waals surface area (Å²) < 4.78 is 13.0. The SMILES string of the molecule is COc1ccc2c(c1OC)C(=O)C(Cc1cc[n+](Cc3ccccc3)cc1)C2.[Cl-]. The van der Waals surface area contributed by atoms with E-state index in [0.29, 0.717) is 17.1 Å². The minimum Gasteiger partial charge on any atom is -1.00 e. The summed E-state index contributed by atoms with van der Waals surface area (Å²) in [5.41, 5.74) is 4.16. The molecule has 0 N–H and O–H groups in total. The molecule has 0 saturated carbocycles. The zero-order chi connectivity index (χ0) is 19.5. The second-order valence-corrected chi connectivity index (χ2v) is 7.17. The first kappa shape index (κ1) is 20.9. The number of benzene rings is 2. The van der Waals surface area contributed by atoms with Crippen molar-refractivity contribution in [3.05, 3.63) is 89.2 Å². The first-order chi connectivity index (χ1) is 13.7. The van der Waals surface area contributed by atoms with Gasteiger partial charge in [-0.25, -0.2) is 4.57 Å². The second-order valence-electron chi connectivity index (χ2n) is 7.17. The highest BCUT2D eigenvalue weighted by molar-refractivity contribution is 6.05. The molecule has 29 heavy (non-hydrogen) atoms. The van der Waals surface area contributed by atoms with Gasteiger partial charge in [0.05, 0.1) is 19.8 Å². The van der Waals surface area contributed by atoms with Crippen molar-refractivity contribution in [2.45, 2.75) is 19.4 Å². The topological polar surface area (TPSA) is 39.4 Å². The van der Waals surface area contributed by atoms with Crippen molar-refractivity contribution in [1.82, 2.24) is 0 Å². The summed E-state index contributed by atoms with van der Waals surface area (Å²) in [7, 11) is 3.18. The second kappa shape index (κ2) is 9.10. The Bertz CT molecular complexity index is 987. The van der Waals surface area contributed by atoms with Crippen LogP contribution >= 0.6 is 0 Å². The fourth-order valence-electron chi connectivity index (χ4n) is 3.94. The summed E-state index contributed by atoms with van der Waals surface area (Å²) in [5.74, 6) is 1.26. The number of ketones is 1. The van der Waals surface area contributed by atoms with Crippen molar-refractivity contribution < 1.29 is 31.2 Å². The van der Waals surface area contributed by atoms with Gasteiger partial charge in [-0.3, -0.25) is 4.79 Å². The van der Waals surface area contributed by atoms with Gasteiger partial charge in [0, 0.05) is 23.6 Å². The summed E-state index contributed by atoms with van der Waals surface area (Å²) in [6.07, 6.45) is 5.63. The van der Waals surface area contributed by atoms with E-state index in [9.17, 15) is 4.79 Å². The average Bonchev–Trinajstić information content (AvgIpc) is 3.05. The molecule has 0 aliphatic heterocycles. The fraction of sp³-hybridized carbons (Fsp3) is 0.250. The molecule has 1 atom stereocenters. The molecular weight excluding hydrogens is 386 g/mol. The van der Waals surface area contributed by atoms with Gasteiger partial charge in [0.25, 0.3) is 0 Å². The van der Waals surface area contributed by atoms with Crippen LogP contribution in [0.3, 0.4) is 0 Å². The Balaban J connectivity index is 0.00000240. The number of carbonyl (C=O) groups is 1. The van der Waals surface area contributed by atoms with Crippen LogP contribution < -0.4 is 26.4 Å². The molecule has 1 aromatic heterocycles. The lowest BCUT2D eigenvalue weighted by atomic mass is 9.96. The third-order valence-electron chi connectivity index (χ3n) is 5.37. The molecule has 1 unspecified atom stereocenters. The summed E-state index contributed by atoms with van der Waals surface area (Å²) in [6.45, 7) is 0.839. The lowest BCUT2D eigenvalue weighted by molar-refractivity contribution is -0.688. The Morgan fingerprint density at radius 2 is 1.66 bits per heavy atom. The number of fused-ring (bicyclic) bond motifs is 1. The van der Waals surface area contributed by atoms with Gasteiger partial charge in [-0.15, -0.1) is 0 Å². The van der Waals surface area contributed by atoms with Crippen LogP contribution in [-0.2, 0) is 19.4 Å².